The fourth-order valence-electron chi connectivity index (χ4n) is 3.79. The number of aliphatic hydroxyl groups excluding tert-OH is 1. The van der Waals surface area contributed by atoms with Crippen LogP contribution in [0, 0.1) is 13.8 Å². The van der Waals surface area contributed by atoms with Crippen LogP contribution >= 0.6 is 11.8 Å². The third kappa shape index (κ3) is 5.70. The summed E-state index contributed by atoms with van der Waals surface area (Å²) in [6, 6.07) is 19.3. The van der Waals surface area contributed by atoms with Gasteiger partial charge in [0.2, 0.25) is 5.91 Å². The summed E-state index contributed by atoms with van der Waals surface area (Å²) in [6.07, 6.45) is 0.787. The molecule has 0 aliphatic rings. The minimum absolute atomic E-state index is 0.138. The van der Waals surface area contributed by atoms with Crippen LogP contribution < -0.4 is 5.32 Å². The molecule has 0 radical (unpaired) electrons. The van der Waals surface area contributed by atoms with E-state index in [2.05, 4.69) is 27.2 Å². The van der Waals surface area contributed by atoms with Crippen molar-refractivity contribution in [2.45, 2.75) is 38.2 Å². The zero-order valence-electron chi connectivity index (χ0n) is 19.8. The van der Waals surface area contributed by atoms with Crippen molar-refractivity contribution in [1.29, 1.82) is 0 Å². The highest BCUT2D eigenvalue weighted by Crippen LogP contribution is 2.26. The number of hydrogen-bond acceptors (Lipinski definition) is 6. The van der Waals surface area contributed by atoms with Crippen molar-refractivity contribution in [3.63, 3.8) is 0 Å². The van der Waals surface area contributed by atoms with Gasteiger partial charge in [-0.25, -0.2) is 0 Å². The Balaban J connectivity index is 1.44. The largest absolute Gasteiger partial charge is 0.380 e. The number of anilines is 1. The Morgan fingerprint density at radius 3 is 2.49 bits per heavy atom. The number of allylic oxidation sites excluding steroid dienone is 1. The molecule has 2 aromatic heterocycles. The van der Waals surface area contributed by atoms with Gasteiger partial charge in [-0.3, -0.25) is 14.0 Å². The number of thioether (sulfide) groups is 1. The summed E-state index contributed by atoms with van der Waals surface area (Å²) in [5.41, 5.74) is 4.24. The van der Waals surface area contributed by atoms with Crippen LogP contribution in [0.4, 0.5) is 5.69 Å². The van der Waals surface area contributed by atoms with E-state index in [0.29, 0.717) is 24.1 Å². The highest BCUT2D eigenvalue weighted by molar-refractivity contribution is 7.99. The smallest absolute Gasteiger partial charge is 0.234 e. The van der Waals surface area contributed by atoms with E-state index in [4.69, 9.17) is 0 Å². The van der Waals surface area contributed by atoms with E-state index in [9.17, 15) is 9.90 Å². The molecule has 1 atom stereocenters. The molecule has 9 heteroatoms. The van der Waals surface area contributed by atoms with Crippen LogP contribution in [-0.4, -0.2) is 41.3 Å². The summed E-state index contributed by atoms with van der Waals surface area (Å²) in [4.78, 5) is 12.8. The summed E-state index contributed by atoms with van der Waals surface area (Å²) in [7, 11) is 0. The fraction of sp³-hybridized carbons (Fsp3) is 0.231. The number of aliphatic hydroxyl groups is 1. The molecule has 0 saturated heterocycles. The van der Waals surface area contributed by atoms with Crippen molar-refractivity contribution in [2.75, 3.05) is 11.1 Å². The topological polar surface area (TPSA) is 97.9 Å². The van der Waals surface area contributed by atoms with E-state index in [-0.39, 0.29) is 11.7 Å². The Labute approximate surface area is 208 Å². The average Bonchev–Trinajstić information content (AvgIpc) is 3.39. The van der Waals surface area contributed by atoms with Crippen LogP contribution in [0.5, 0.6) is 0 Å². The molecule has 0 fully saturated rings. The molecule has 0 bridgehead atoms. The summed E-state index contributed by atoms with van der Waals surface area (Å²) >= 11 is 1.26. The molecule has 4 aromatic rings. The number of amides is 1. The first kappa shape index (κ1) is 24.4. The first-order valence-corrected chi connectivity index (χ1v) is 12.2. The minimum atomic E-state index is -0.924. The molecule has 8 nitrogen and oxygen atoms in total. The van der Waals surface area contributed by atoms with Gasteiger partial charge in [0.25, 0.3) is 0 Å². The third-order valence-electron chi connectivity index (χ3n) is 5.57. The van der Waals surface area contributed by atoms with Crippen LogP contribution in [-0.2, 0) is 17.9 Å². The molecule has 35 heavy (non-hydrogen) atoms. The number of rotatable bonds is 10. The molecule has 4 rings (SSSR count). The van der Waals surface area contributed by atoms with Crippen molar-refractivity contribution < 1.29 is 9.90 Å². The first-order chi connectivity index (χ1) is 17.0. The summed E-state index contributed by atoms with van der Waals surface area (Å²) in [5, 5.41) is 27.3. The van der Waals surface area contributed by atoms with Crippen LogP contribution in [0.1, 0.15) is 34.4 Å². The molecule has 2 N–H and O–H groups in total. The van der Waals surface area contributed by atoms with Crippen molar-refractivity contribution in [1.82, 2.24) is 24.5 Å². The monoisotopic (exact) mass is 488 g/mol. The Hall–Kier alpha value is -3.69. The van der Waals surface area contributed by atoms with Crippen molar-refractivity contribution in [2.24, 2.45) is 0 Å². The molecule has 1 amide bonds. The van der Waals surface area contributed by atoms with Gasteiger partial charge in [-0.05, 0) is 25.0 Å². The summed E-state index contributed by atoms with van der Waals surface area (Å²) in [6.45, 7) is 8.68. The standard InChI is InChI=1S/C26H28N6O2S/c1-4-15-31-25(24(34)21-13-9-6-10-14-21)28-29-26(31)35-17-22(33)27-23-18(2)30-32(19(23)3)16-20-11-7-5-8-12-20/h4-14,24,34H,1,15-17H2,2-3H3,(H,27,33)/t24-/m1/s1. The second kappa shape index (κ2) is 11.2. The number of carbonyl (C=O) groups is 1. The Kier molecular flexibility index (Phi) is 7.79. The van der Waals surface area contributed by atoms with E-state index in [1.807, 2.05) is 79.2 Å². The quantitative estimate of drug-likeness (QED) is 0.257. The lowest BCUT2D eigenvalue weighted by molar-refractivity contribution is -0.113. The Bertz CT molecular complexity index is 1300. The minimum Gasteiger partial charge on any atom is -0.380 e. The van der Waals surface area contributed by atoms with Crippen molar-refractivity contribution in [3.8, 4) is 0 Å². The maximum atomic E-state index is 12.8. The summed E-state index contributed by atoms with van der Waals surface area (Å²) < 4.78 is 3.67. The molecule has 0 saturated carbocycles. The second-order valence-corrected chi connectivity index (χ2v) is 9.02. The highest BCUT2D eigenvalue weighted by Gasteiger charge is 2.21. The molecule has 0 spiro atoms. The van der Waals surface area contributed by atoms with Gasteiger partial charge in [-0.15, -0.1) is 16.8 Å². The lowest BCUT2D eigenvalue weighted by atomic mass is 10.1. The SMILES string of the molecule is C=CCn1c(SCC(=O)Nc2c(C)nn(Cc3ccccc3)c2C)nnc1[C@H](O)c1ccccc1. The van der Waals surface area contributed by atoms with Crippen molar-refractivity contribution in [3.05, 3.63) is 102 Å². The van der Waals surface area contributed by atoms with Gasteiger partial charge in [-0.1, -0.05) is 78.5 Å². The molecule has 180 valence electrons. The second-order valence-electron chi connectivity index (χ2n) is 8.08. The zero-order chi connectivity index (χ0) is 24.8. The highest BCUT2D eigenvalue weighted by atomic mass is 32.2. The summed E-state index contributed by atoms with van der Waals surface area (Å²) in [5.74, 6) is 0.381. The van der Waals surface area contributed by atoms with Gasteiger partial charge in [0.05, 0.1) is 29.4 Å². The van der Waals surface area contributed by atoms with Gasteiger partial charge in [0, 0.05) is 6.54 Å². The number of hydrogen-bond donors (Lipinski definition) is 2. The maximum Gasteiger partial charge on any atom is 0.234 e. The van der Waals surface area contributed by atoms with E-state index < -0.39 is 6.10 Å². The molecule has 0 unspecified atom stereocenters. The fourth-order valence-corrected chi connectivity index (χ4v) is 4.54. The molecule has 2 aromatic carbocycles. The first-order valence-electron chi connectivity index (χ1n) is 11.3. The van der Waals surface area contributed by atoms with Gasteiger partial charge < -0.3 is 10.4 Å². The van der Waals surface area contributed by atoms with E-state index in [1.165, 1.54) is 11.8 Å². The number of nitrogens with zero attached hydrogens (tertiary/aromatic N) is 5. The van der Waals surface area contributed by atoms with Crippen molar-refractivity contribution >= 4 is 23.4 Å². The number of benzene rings is 2. The number of aryl methyl sites for hydroxylation is 1. The Morgan fingerprint density at radius 1 is 1.11 bits per heavy atom. The molecular formula is C26H28N6O2S. The van der Waals surface area contributed by atoms with Gasteiger partial charge >= 0.3 is 0 Å². The predicted molar refractivity (Wildman–Crippen MR) is 137 cm³/mol. The molecule has 0 aliphatic carbocycles. The van der Waals surface area contributed by atoms with Crippen LogP contribution in [0.2, 0.25) is 0 Å². The van der Waals surface area contributed by atoms with E-state index in [0.717, 1.165) is 28.2 Å². The number of aromatic nitrogens is 5. The van der Waals surface area contributed by atoms with Crippen LogP contribution in [0.15, 0.2) is 78.5 Å². The zero-order valence-corrected chi connectivity index (χ0v) is 20.6. The molecule has 2 heterocycles. The third-order valence-corrected chi connectivity index (χ3v) is 6.54. The Morgan fingerprint density at radius 2 is 1.80 bits per heavy atom. The van der Waals surface area contributed by atoms with Crippen LogP contribution in [0.25, 0.3) is 0 Å². The lowest BCUT2D eigenvalue weighted by Gasteiger charge is -2.13. The normalized spacial score (nSPS) is 11.9. The van der Waals surface area contributed by atoms with E-state index in [1.54, 1.807) is 10.6 Å². The van der Waals surface area contributed by atoms with Gasteiger partial charge in [0.15, 0.2) is 11.0 Å². The lowest BCUT2D eigenvalue weighted by Crippen LogP contribution is -2.16. The average molecular weight is 489 g/mol. The van der Waals surface area contributed by atoms with Gasteiger partial charge in [-0.2, -0.15) is 5.10 Å². The van der Waals surface area contributed by atoms with E-state index >= 15 is 0 Å². The number of nitrogens with one attached hydrogen (secondary N) is 1. The predicted octanol–water partition coefficient (Wildman–Crippen LogP) is 4.14. The van der Waals surface area contributed by atoms with Crippen LogP contribution in [0.3, 0.4) is 0 Å². The van der Waals surface area contributed by atoms with Gasteiger partial charge in [0.1, 0.15) is 6.10 Å². The number of carbonyl (C=O) groups excluding carboxylic acids is 1. The molecule has 0 aliphatic heterocycles. The maximum absolute atomic E-state index is 12.8. The molecular weight excluding hydrogens is 460 g/mol.